The van der Waals surface area contributed by atoms with Gasteiger partial charge < -0.3 is 21.3 Å². The van der Waals surface area contributed by atoms with Gasteiger partial charge in [0, 0.05) is 62.3 Å². The molecular formula is C23H27N7. The van der Waals surface area contributed by atoms with Crippen molar-refractivity contribution in [1.82, 2.24) is 15.1 Å². The van der Waals surface area contributed by atoms with Gasteiger partial charge in [-0.05, 0) is 63.1 Å². The van der Waals surface area contributed by atoms with Crippen LogP contribution < -0.4 is 16.8 Å². The average molecular weight is 402 g/mol. The lowest BCUT2D eigenvalue weighted by atomic mass is 10.4. The van der Waals surface area contributed by atoms with Crippen LogP contribution in [0.2, 0.25) is 0 Å². The summed E-state index contributed by atoms with van der Waals surface area (Å²) in [7, 11) is 5.89. The summed E-state index contributed by atoms with van der Waals surface area (Å²) in [6.07, 6.45) is 6.65. The van der Waals surface area contributed by atoms with Crippen molar-refractivity contribution >= 4 is 11.9 Å². The Morgan fingerprint density at radius 3 is 1.73 bits per heavy atom. The molecule has 0 heterocycles. The van der Waals surface area contributed by atoms with E-state index >= 15 is 0 Å². The third-order valence-electron chi connectivity index (χ3n) is 3.05. The molecule has 5 N–H and O–H groups in total. The molecule has 7 heteroatoms. The zero-order chi connectivity index (χ0) is 22.5. The molecule has 0 aromatic rings. The lowest BCUT2D eigenvalue weighted by molar-refractivity contribution is 0.403. The van der Waals surface area contributed by atoms with Crippen LogP contribution in [-0.2, 0) is 0 Å². The summed E-state index contributed by atoms with van der Waals surface area (Å²) in [4.78, 5) is 12.3. The molecule has 30 heavy (non-hydrogen) atoms. The normalized spacial score (nSPS) is 9.57. The van der Waals surface area contributed by atoms with Crippen molar-refractivity contribution in [3.8, 4) is 71.7 Å². The van der Waals surface area contributed by atoms with Crippen molar-refractivity contribution in [1.29, 1.82) is 0 Å². The van der Waals surface area contributed by atoms with E-state index in [1.54, 1.807) is 0 Å². The topological polar surface area (TPSA) is 95.3 Å². The first kappa shape index (κ1) is 25.9. The number of aliphatic imine (C=N–C) groups is 2. The lowest BCUT2D eigenvalue weighted by Gasteiger charge is -2.09. The molecule has 0 rings (SSSR count). The number of hydrogen-bond donors (Lipinski definition) is 3. The van der Waals surface area contributed by atoms with Gasteiger partial charge in [0.25, 0.3) is 0 Å². The Kier molecular flexibility index (Phi) is 15.7. The predicted octanol–water partition coefficient (Wildman–Crippen LogP) is -0.913. The van der Waals surface area contributed by atoms with E-state index < -0.39 is 0 Å². The Morgan fingerprint density at radius 1 is 0.767 bits per heavy atom. The van der Waals surface area contributed by atoms with Crippen molar-refractivity contribution in [3.05, 3.63) is 0 Å². The van der Waals surface area contributed by atoms with Crippen LogP contribution in [0.5, 0.6) is 0 Å². The van der Waals surface area contributed by atoms with Gasteiger partial charge in [-0.3, -0.25) is 15.3 Å². The Hall–Kier alpha value is -4.14. The van der Waals surface area contributed by atoms with E-state index in [0.717, 1.165) is 19.4 Å². The highest BCUT2D eigenvalue weighted by atomic mass is 15.2. The minimum atomic E-state index is 0.246. The van der Waals surface area contributed by atoms with E-state index in [9.17, 15) is 0 Å². The Labute approximate surface area is 180 Å². The SMILES string of the molecule is C#CC#CC#CC#CC#CC#CN(C)CCCN=C(N)NC(N)=NCCCN(C)C. The van der Waals surface area contributed by atoms with Crippen molar-refractivity contribution in [3.63, 3.8) is 0 Å². The second kappa shape index (κ2) is 18.2. The number of hydrogen-bond acceptors (Lipinski definition) is 4. The number of rotatable bonds is 8. The van der Waals surface area contributed by atoms with Gasteiger partial charge in [0.1, 0.15) is 0 Å². The second-order valence-corrected chi connectivity index (χ2v) is 5.97. The highest BCUT2D eigenvalue weighted by Gasteiger charge is 1.96. The molecule has 0 saturated carbocycles. The predicted molar refractivity (Wildman–Crippen MR) is 124 cm³/mol. The first-order valence-corrected chi connectivity index (χ1v) is 9.14. The average Bonchev–Trinajstić information content (AvgIpc) is 2.70. The molecule has 0 spiro atoms. The van der Waals surface area contributed by atoms with Crippen LogP contribution in [0.3, 0.4) is 0 Å². The summed E-state index contributed by atoms with van der Waals surface area (Å²) >= 11 is 0. The standard InChI is InChI=1S/C23H27N7/c1-5-6-7-8-9-10-11-12-13-14-20-30(4)21-16-18-27-23(25)28-22(24)26-17-15-19-29(2)3/h1H,15-19,21H2,2-4H3,(H5,24,25,26,27,28). The minimum absolute atomic E-state index is 0.246. The number of nitrogens with zero attached hydrogens (tertiary/aromatic N) is 4. The first-order chi connectivity index (χ1) is 14.5. The van der Waals surface area contributed by atoms with Crippen molar-refractivity contribution < 1.29 is 0 Å². The van der Waals surface area contributed by atoms with E-state index in [4.69, 9.17) is 17.9 Å². The molecular weight excluding hydrogens is 374 g/mol. The summed E-state index contributed by atoms with van der Waals surface area (Å²) in [6.45, 7) is 2.84. The highest BCUT2D eigenvalue weighted by molar-refractivity contribution is 5.97. The molecule has 0 aliphatic heterocycles. The third kappa shape index (κ3) is 18.6. The quantitative estimate of drug-likeness (QED) is 0.161. The molecule has 0 amide bonds. The van der Waals surface area contributed by atoms with E-state index in [1.807, 2.05) is 26.0 Å². The molecule has 0 atom stereocenters. The lowest BCUT2D eigenvalue weighted by Crippen LogP contribution is -2.41. The number of nitrogens with two attached hydrogens (primary N) is 2. The fourth-order valence-electron chi connectivity index (χ4n) is 1.74. The Morgan fingerprint density at radius 2 is 1.23 bits per heavy atom. The van der Waals surface area contributed by atoms with Gasteiger partial charge in [-0.1, -0.05) is 0 Å². The fourth-order valence-corrected chi connectivity index (χ4v) is 1.74. The zero-order valence-corrected chi connectivity index (χ0v) is 17.8. The van der Waals surface area contributed by atoms with Crippen LogP contribution in [0.15, 0.2) is 9.98 Å². The third-order valence-corrected chi connectivity index (χ3v) is 3.05. The molecule has 0 aromatic carbocycles. The maximum absolute atomic E-state index is 5.79. The molecule has 0 aliphatic rings. The van der Waals surface area contributed by atoms with E-state index in [-0.39, 0.29) is 11.9 Å². The van der Waals surface area contributed by atoms with Crippen LogP contribution in [0.25, 0.3) is 0 Å². The fraction of sp³-hybridized carbons (Fsp3) is 0.391. The highest BCUT2D eigenvalue weighted by Crippen LogP contribution is 1.87. The van der Waals surface area contributed by atoms with Gasteiger partial charge in [-0.2, -0.15) is 0 Å². The number of guanidine groups is 2. The van der Waals surface area contributed by atoms with Crippen LogP contribution in [0.1, 0.15) is 12.8 Å². The molecule has 154 valence electrons. The van der Waals surface area contributed by atoms with E-state index in [1.165, 1.54) is 0 Å². The minimum Gasteiger partial charge on any atom is -0.370 e. The summed E-state index contributed by atoms with van der Waals surface area (Å²) < 4.78 is 0. The first-order valence-electron chi connectivity index (χ1n) is 9.14. The van der Waals surface area contributed by atoms with Gasteiger partial charge in [0.05, 0.1) is 0 Å². The molecule has 0 saturated heterocycles. The Bertz CT molecular complexity index is 940. The Balaban J connectivity index is 4.16. The molecule has 0 aromatic heterocycles. The van der Waals surface area contributed by atoms with Crippen LogP contribution >= 0.6 is 0 Å². The second-order valence-electron chi connectivity index (χ2n) is 5.97. The molecule has 0 radical (unpaired) electrons. The van der Waals surface area contributed by atoms with Crippen molar-refractivity contribution in [2.24, 2.45) is 21.5 Å². The van der Waals surface area contributed by atoms with Gasteiger partial charge in [0.2, 0.25) is 0 Å². The molecule has 0 fully saturated rings. The monoisotopic (exact) mass is 401 g/mol. The smallest absolute Gasteiger partial charge is 0.195 e. The largest absolute Gasteiger partial charge is 0.370 e. The van der Waals surface area contributed by atoms with Crippen molar-refractivity contribution in [2.45, 2.75) is 12.8 Å². The molecule has 0 bridgehead atoms. The van der Waals surface area contributed by atoms with Gasteiger partial charge >= 0.3 is 0 Å². The van der Waals surface area contributed by atoms with E-state index in [2.05, 4.69) is 85.5 Å². The molecule has 0 unspecified atom stereocenters. The van der Waals surface area contributed by atoms with Crippen LogP contribution in [-0.4, -0.2) is 69.0 Å². The summed E-state index contributed by atoms with van der Waals surface area (Å²) in [5, 5.41) is 2.77. The summed E-state index contributed by atoms with van der Waals surface area (Å²) in [5.41, 5.74) is 11.6. The zero-order valence-electron chi connectivity index (χ0n) is 17.8. The summed E-state index contributed by atoms with van der Waals surface area (Å²) in [5.74, 6) is 25.4. The van der Waals surface area contributed by atoms with E-state index in [0.29, 0.717) is 19.6 Å². The maximum Gasteiger partial charge on any atom is 0.195 e. The number of terminal acetylenes is 1. The maximum atomic E-state index is 5.79. The molecule has 0 aliphatic carbocycles. The van der Waals surface area contributed by atoms with Crippen LogP contribution in [0.4, 0.5) is 0 Å². The number of nitrogens with one attached hydrogen (secondary N) is 1. The van der Waals surface area contributed by atoms with Gasteiger partial charge in [-0.15, -0.1) is 6.42 Å². The van der Waals surface area contributed by atoms with Crippen molar-refractivity contribution in [2.75, 3.05) is 47.3 Å². The van der Waals surface area contributed by atoms with Crippen LogP contribution in [0, 0.1) is 71.7 Å². The van der Waals surface area contributed by atoms with Gasteiger partial charge in [0.15, 0.2) is 11.9 Å². The van der Waals surface area contributed by atoms with Gasteiger partial charge in [-0.25, -0.2) is 0 Å². The molecule has 7 nitrogen and oxygen atoms in total. The summed E-state index contributed by atoms with van der Waals surface area (Å²) in [6, 6.07) is 2.88.